The first-order valence-electron chi connectivity index (χ1n) is 11.0. The number of hydrogen-bond acceptors (Lipinski definition) is 8. The fraction of sp³-hybridized carbons (Fsp3) is 0.571. The van der Waals surface area contributed by atoms with Gasteiger partial charge in [-0.2, -0.15) is 9.29 Å². The van der Waals surface area contributed by atoms with Crippen LogP contribution >= 0.6 is 0 Å². The molecule has 2 fully saturated rings. The van der Waals surface area contributed by atoms with Crippen molar-refractivity contribution in [2.75, 3.05) is 44.2 Å². The van der Waals surface area contributed by atoms with Crippen molar-refractivity contribution in [3.8, 4) is 5.75 Å². The number of nitrogens with zero attached hydrogens (tertiary/aromatic N) is 5. The van der Waals surface area contributed by atoms with Gasteiger partial charge in [-0.1, -0.05) is 12.1 Å². The number of likely N-dealkylation sites (N-methyl/N-ethyl adjacent to an activating group) is 1. The average Bonchev–Trinajstić information content (AvgIpc) is 3.54. The highest BCUT2D eigenvalue weighted by atomic mass is 32.2. The summed E-state index contributed by atoms with van der Waals surface area (Å²) in [5, 5.41) is 4.01. The van der Waals surface area contributed by atoms with Crippen LogP contribution in [0.4, 0.5) is 5.69 Å². The van der Waals surface area contributed by atoms with Gasteiger partial charge >= 0.3 is 0 Å². The van der Waals surface area contributed by atoms with Gasteiger partial charge < -0.3 is 14.2 Å². The number of amides is 1. The molecule has 0 unspecified atom stereocenters. The number of aryl methyl sites for hydroxylation is 1. The van der Waals surface area contributed by atoms with Crippen molar-refractivity contribution >= 4 is 21.6 Å². The predicted molar refractivity (Wildman–Crippen MR) is 115 cm³/mol. The monoisotopic (exact) mass is 461 g/mol. The zero-order valence-corrected chi connectivity index (χ0v) is 19.1. The molecule has 10 nitrogen and oxygen atoms in total. The minimum atomic E-state index is -3.66. The summed E-state index contributed by atoms with van der Waals surface area (Å²) in [6.45, 7) is 7.05. The molecule has 2 aromatic rings. The molecule has 11 heteroatoms. The summed E-state index contributed by atoms with van der Waals surface area (Å²) in [6.07, 6.45) is 2.09. The van der Waals surface area contributed by atoms with E-state index >= 15 is 0 Å². The predicted octanol–water partition coefficient (Wildman–Crippen LogP) is 1.51. The van der Waals surface area contributed by atoms with Crippen LogP contribution in [0.25, 0.3) is 0 Å². The number of fused-ring (bicyclic) bond motifs is 1. The van der Waals surface area contributed by atoms with Crippen LogP contribution < -0.4 is 9.64 Å². The number of aromatic nitrogens is 2. The highest BCUT2D eigenvalue weighted by Crippen LogP contribution is 2.40. The Morgan fingerprint density at radius 2 is 1.91 bits per heavy atom. The van der Waals surface area contributed by atoms with Crippen LogP contribution in [0.15, 0.2) is 21.6 Å². The summed E-state index contributed by atoms with van der Waals surface area (Å²) in [4.78, 5) is 21.0. The quantitative estimate of drug-likeness (QED) is 0.637. The third-order valence-electron chi connectivity index (χ3n) is 6.31. The highest BCUT2D eigenvalue weighted by molar-refractivity contribution is 7.89. The van der Waals surface area contributed by atoms with Crippen molar-refractivity contribution in [3.05, 3.63) is 29.4 Å². The zero-order chi connectivity index (χ0) is 22.5. The second kappa shape index (κ2) is 8.13. The molecule has 0 bridgehead atoms. The van der Waals surface area contributed by atoms with Crippen LogP contribution in [0.2, 0.25) is 0 Å². The lowest BCUT2D eigenvalue weighted by Crippen LogP contribution is -2.48. The molecule has 0 atom stereocenters. The molecule has 1 aromatic carbocycles. The molecule has 5 rings (SSSR count). The Kier molecular flexibility index (Phi) is 5.42. The van der Waals surface area contributed by atoms with E-state index < -0.39 is 10.0 Å². The van der Waals surface area contributed by atoms with E-state index in [-0.39, 0.29) is 24.0 Å². The molecule has 1 saturated heterocycles. The SMILES string of the molecule is CCN1CCN(S(=O)(=O)c2cc3c(cc2C)N(Cc2noc(C4CC4)n2)C(=O)CO3)CC1. The molecule has 1 saturated carbocycles. The van der Waals surface area contributed by atoms with E-state index in [9.17, 15) is 13.2 Å². The second-order valence-electron chi connectivity index (χ2n) is 8.52. The van der Waals surface area contributed by atoms with Gasteiger partial charge in [0.05, 0.1) is 17.1 Å². The second-order valence-corrected chi connectivity index (χ2v) is 10.4. The molecular formula is C21H27N5O5S. The van der Waals surface area contributed by atoms with Gasteiger partial charge in [0.15, 0.2) is 12.4 Å². The molecule has 2 aliphatic heterocycles. The molecule has 1 amide bonds. The van der Waals surface area contributed by atoms with E-state index in [1.54, 1.807) is 13.0 Å². The number of anilines is 1. The first-order chi connectivity index (χ1) is 15.4. The molecule has 1 aromatic heterocycles. The third-order valence-corrected chi connectivity index (χ3v) is 8.35. The number of piperazine rings is 1. The minimum Gasteiger partial charge on any atom is -0.482 e. The molecule has 0 spiro atoms. The van der Waals surface area contributed by atoms with E-state index in [2.05, 4.69) is 22.0 Å². The van der Waals surface area contributed by atoms with Gasteiger partial charge in [0.25, 0.3) is 5.91 Å². The number of carbonyl (C=O) groups excluding carboxylic acids is 1. The van der Waals surface area contributed by atoms with Crippen LogP contribution in [-0.4, -0.2) is 73.0 Å². The molecule has 32 heavy (non-hydrogen) atoms. The summed E-state index contributed by atoms with van der Waals surface area (Å²) in [7, 11) is -3.66. The van der Waals surface area contributed by atoms with Crippen molar-refractivity contribution in [2.24, 2.45) is 0 Å². The van der Waals surface area contributed by atoms with Crippen LogP contribution in [0.3, 0.4) is 0 Å². The Labute approximate surface area is 187 Å². The summed E-state index contributed by atoms with van der Waals surface area (Å²) in [5.41, 5.74) is 1.09. The van der Waals surface area contributed by atoms with Crippen molar-refractivity contribution in [3.63, 3.8) is 0 Å². The van der Waals surface area contributed by atoms with E-state index in [0.29, 0.717) is 60.8 Å². The van der Waals surface area contributed by atoms with Crippen molar-refractivity contribution in [1.29, 1.82) is 0 Å². The molecule has 1 aliphatic carbocycles. The van der Waals surface area contributed by atoms with Gasteiger partial charge in [0.2, 0.25) is 15.9 Å². The van der Waals surface area contributed by atoms with Crippen LogP contribution in [0, 0.1) is 6.92 Å². The largest absolute Gasteiger partial charge is 0.482 e. The van der Waals surface area contributed by atoms with Gasteiger partial charge in [-0.15, -0.1) is 0 Å². The van der Waals surface area contributed by atoms with E-state index in [0.717, 1.165) is 19.4 Å². The molecule has 3 heterocycles. The first-order valence-corrected chi connectivity index (χ1v) is 12.4. The van der Waals surface area contributed by atoms with E-state index in [4.69, 9.17) is 9.26 Å². The Morgan fingerprint density at radius 1 is 1.16 bits per heavy atom. The fourth-order valence-electron chi connectivity index (χ4n) is 4.18. The maximum absolute atomic E-state index is 13.3. The van der Waals surface area contributed by atoms with Crippen molar-refractivity contribution in [1.82, 2.24) is 19.3 Å². The maximum atomic E-state index is 13.3. The third kappa shape index (κ3) is 3.89. The average molecular weight is 462 g/mol. The van der Waals surface area contributed by atoms with Crippen LogP contribution in [0.1, 0.15) is 43.0 Å². The Hall–Kier alpha value is -2.50. The summed E-state index contributed by atoms with van der Waals surface area (Å²) in [5.74, 6) is 1.50. The number of carbonyl (C=O) groups is 1. The molecule has 172 valence electrons. The van der Waals surface area contributed by atoms with Gasteiger partial charge in [0, 0.05) is 38.2 Å². The van der Waals surface area contributed by atoms with Gasteiger partial charge in [0.1, 0.15) is 5.75 Å². The first kappa shape index (κ1) is 21.4. The van der Waals surface area contributed by atoms with Crippen molar-refractivity contribution < 1.29 is 22.5 Å². The number of benzene rings is 1. The van der Waals surface area contributed by atoms with Gasteiger partial charge in [-0.05, 0) is 37.9 Å². The lowest BCUT2D eigenvalue weighted by Gasteiger charge is -2.34. The molecule has 0 N–H and O–H groups in total. The zero-order valence-electron chi connectivity index (χ0n) is 18.3. The standard InChI is InChI=1S/C21H27N5O5S/c1-3-24-6-8-25(9-7-24)32(28,29)18-11-17-16(10-14(18)2)26(20(27)13-30-17)12-19-22-21(31-23-19)15-4-5-15/h10-11,15H,3-9,12-13H2,1-2H3. The highest BCUT2D eigenvalue weighted by Gasteiger charge is 2.34. The summed E-state index contributed by atoms with van der Waals surface area (Å²) >= 11 is 0. The number of hydrogen-bond donors (Lipinski definition) is 0. The summed E-state index contributed by atoms with van der Waals surface area (Å²) in [6, 6.07) is 3.24. The van der Waals surface area contributed by atoms with Gasteiger partial charge in [-0.25, -0.2) is 8.42 Å². The van der Waals surface area contributed by atoms with E-state index in [1.165, 1.54) is 15.3 Å². The van der Waals surface area contributed by atoms with Gasteiger partial charge in [-0.3, -0.25) is 9.69 Å². The Morgan fingerprint density at radius 3 is 2.59 bits per heavy atom. The fourth-order valence-corrected chi connectivity index (χ4v) is 5.82. The van der Waals surface area contributed by atoms with Crippen LogP contribution in [-0.2, 0) is 21.4 Å². The summed E-state index contributed by atoms with van der Waals surface area (Å²) < 4.78 is 39.1. The number of sulfonamides is 1. The molecule has 0 radical (unpaired) electrons. The topological polar surface area (TPSA) is 109 Å². The molecule has 3 aliphatic rings. The Balaban J connectivity index is 1.42. The lowest BCUT2D eigenvalue weighted by atomic mass is 10.1. The van der Waals surface area contributed by atoms with E-state index in [1.807, 2.05) is 0 Å². The number of rotatable bonds is 6. The Bertz CT molecular complexity index is 1140. The maximum Gasteiger partial charge on any atom is 0.265 e. The lowest BCUT2D eigenvalue weighted by molar-refractivity contribution is -0.121. The minimum absolute atomic E-state index is 0.149. The number of ether oxygens (including phenoxy) is 1. The van der Waals surface area contributed by atoms with Crippen LogP contribution in [0.5, 0.6) is 5.75 Å². The molecular weight excluding hydrogens is 434 g/mol. The van der Waals surface area contributed by atoms with Crippen molar-refractivity contribution in [2.45, 2.75) is 44.0 Å². The normalized spacial score (nSPS) is 20.3. The smallest absolute Gasteiger partial charge is 0.265 e.